The lowest BCUT2D eigenvalue weighted by molar-refractivity contribution is -0.384. The summed E-state index contributed by atoms with van der Waals surface area (Å²) in [4.78, 5) is 38.3. The van der Waals surface area contributed by atoms with Gasteiger partial charge < -0.3 is 10.2 Å². The monoisotopic (exact) mass is 423 g/mol. The van der Waals surface area contributed by atoms with Crippen molar-refractivity contribution in [2.45, 2.75) is 39.5 Å². The summed E-state index contributed by atoms with van der Waals surface area (Å²) in [5.41, 5.74) is 1.15. The quantitative estimate of drug-likeness (QED) is 0.319. The summed E-state index contributed by atoms with van der Waals surface area (Å²) in [5.74, 6) is -0.641. The maximum absolute atomic E-state index is 13.3. The molecule has 0 saturated heterocycles. The number of unbranched alkanes of at least 4 members (excludes halogenated alkanes) is 2. The number of nitrogens with zero attached hydrogens (tertiary/aromatic N) is 2. The second-order valence-corrected chi connectivity index (χ2v) is 7.23. The molecular formula is C24H29N3O4. The number of hydrogen-bond acceptors (Lipinski definition) is 4. The van der Waals surface area contributed by atoms with E-state index in [2.05, 4.69) is 19.2 Å². The van der Waals surface area contributed by atoms with Gasteiger partial charge in [0.2, 0.25) is 0 Å². The van der Waals surface area contributed by atoms with E-state index in [0.717, 1.165) is 25.7 Å². The molecule has 31 heavy (non-hydrogen) atoms. The normalized spacial score (nSPS) is 11.1. The number of nitro groups is 1. The van der Waals surface area contributed by atoms with E-state index in [1.165, 1.54) is 12.1 Å². The summed E-state index contributed by atoms with van der Waals surface area (Å²) in [6.07, 6.45) is 5.21. The highest BCUT2D eigenvalue weighted by Crippen LogP contribution is 2.16. The molecule has 0 atom stereocenters. The van der Waals surface area contributed by atoms with Crippen molar-refractivity contribution in [2.24, 2.45) is 0 Å². The van der Waals surface area contributed by atoms with Crippen molar-refractivity contribution in [2.75, 3.05) is 13.1 Å². The van der Waals surface area contributed by atoms with Gasteiger partial charge in [-0.15, -0.1) is 0 Å². The van der Waals surface area contributed by atoms with E-state index < -0.39 is 4.92 Å². The molecule has 0 aliphatic heterocycles. The molecule has 7 nitrogen and oxygen atoms in total. The largest absolute Gasteiger partial charge is 0.337 e. The van der Waals surface area contributed by atoms with Gasteiger partial charge in [0.1, 0.15) is 5.70 Å². The molecule has 0 aliphatic carbocycles. The van der Waals surface area contributed by atoms with E-state index in [9.17, 15) is 19.7 Å². The molecule has 0 heterocycles. The molecule has 0 aliphatic rings. The maximum atomic E-state index is 13.3. The average molecular weight is 424 g/mol. The minimum atomic E-state index is -0.478. The van der Waals surface area contributed by atoms with Crippen LogP contribution in [0.2, 0.25) is 0 Å². The minimum absolute atomic E-state index is 0.0362. The van der Waals surface area contributed by atoms with Crippen LogP contribution in [0.25, 0.3) is 6.08 Å². The van der Waals surface area contributed by atoms with Gasteiger partial charge in [0.25, 0.3) is 17.5 Å². The molecule has 0 spiro atoms. The van der Waals surface area contributed by atoms with E-state index in [-0.39, 0.29) is 23.2 Å². The van der Waals surface area contributed by atoms with Crippen molar-refractivity contribution in [1.82, 2.24) is 10.2 Å². The molecule has 0 aromatic heterocycles. The molecular weight excluding hydrogens is 394 g/mol. The molecule has 7 heteroatoms. The van der Waals surface area contributed by atoms with Crippen LogP contribution in [-0.2, 0) is 4.79 Å². The Morgan fingerprint density at radius 1 is 0.968 bits per heavy atom. The number of hydrogen-bond donors (Lipinski definition) is 1. The molecule has 164 valence electrons. The summed E-state index contributed by atoms with van der Waals surface area (Å²) >= 11 is 0. The van der Waals surface area contributed by atoms with Gasteiger partial charge in [-0.1, -0.05) is 44.9 Å². The lowest BCUT2D eigenvalue weighted by Gasteiger charge is -2.24. The molecule has 2 aromatic rings. The Labute approximate surface area is 182 Å². The first-order valence-electron chi connectivity index (χ1n) is 10.6. The van der Waals surface area contributed by atoms with Gasteiger partial charge in [-0.2, -0.15) is 0 Å². The van der Waals surface area contributed by atoms with Crippen molar-refractivity contribution in [1.29, 1.82) is 0 Å². The average Bonchev–Trinajstić information content (AvgIpc) is 2.79. The van der Waals surface area contributed by atoms with Crippen molar-refractivity contribution in [3.05, 3.63) is 81.5 Å². The van der Waals surface area contributed by atoms with Crippen LogP contribution in [0.4, 0.5) is 5.69 Å². The van der Waals surface area contributed by atoms with E-state index >= 15 is 0 Å². The highest BCUT2D eigenvalue weighted by Gasteiger charge is 2.20. The fraction of sp³-hybridized carbons (Fsp3) is 0.333. The zero-order chi connectivity index (χ0) is 22.6. The van der Waals surface area contributed by atoms with Gasteiger partial charge in [0.15, 0.2) is 0 Å². The predicted octanol–water partition coefficient (Wildman–Crippen LogP) is 4.79. The molecule has 0 unspecified atom stereocenters. The number of non-ortho nitro benzene ring substituents is 1. The second-order valence-electron chi connectivity index (χ2n) is 7.23. The first kappa shape index (κ1) is 23.8. The van der Waals surface area contributed by atoms with Gasteiger partial charge in [-0.25, -0.2) is 0 Å². The third kappa shape index (κ3) is 7.37. The van der Waals surface area contributed by atoms with Crippen LogP contribution in [-0.4, -0.2) is 34.7 Å². The number of carbonyl (C=O) groups is 2. The number of nitro benzene ring substituents is 1. The Morgan fingerprint density at radius 2 is 1.55 bits per heavy atom. The molecule has 0 fully saturated rings. The van der Waals surface area contributed by atoms with E-state index in [1.807, 2.05) is 6.07 Å². The number of amides is 2. The third-order valence-electron chi connectivity index (χ3n) is 4.78. The number of benzene rings is 2. The van der Waals surface area contributed by atoms with Crippen LogP contribution in [0.1, 0.15) is 55.5 Å². The minimum Gasteiger partial charge on any atom is -0.337 e. The van der Waals surface area contributed by atoms with Gasteiger partial charge in [-0.3, -0.25) is 19.7 Å². The second kappa shape index (κ2) is 12.3. The number of rotatable bonds is 11. The highest BCUT2D eigenvalue weighted by atomic mass is 16.6. The van der Waals surface area contributed by atoms with E-state index in [0.29, 0.717) is 24.2 Å². The molecule has 0 bridgehead atoms. The Bertz CT molecular complexity index is 900. The molecule has 0 radical (unpaired) electrons. The Hall–Kier alpha value is -3.48. The summed E-state index contributed by atoms with van der Waals surface area (Å²) in [5, 5.41) is 13.7. The van der Waals surface area contributed by atoms with Gasteiger partial charge >= 0.3 is 0 Å². The molecule has 0 saturated carbocycles. The first-order valence-corrected chi connectivity index (χ1v) is 10.6. The fourth-order valence-electron chi connectivity index (χ4n) is 2.98. The van der Waals surface area contributed by atoms with Crippen LogP contribution in [0.15, 0.2) is 60.3 Å². The highest BCUT2D eigenvalue weighted by molar-refractivity contribution is 6.05. The Morgan fingerprint density at radius 3 is 2.06 bits per heavy atom. The molecule has 2 aromatic carbocycles. The zero-order valence-corrected chi connectivity index (χ0v) is 18.0. The van der Waals surface area contributed by atoms with Crippen LogP contribution >= 0.6 is 0 Å². The number of nitrogens with one attached hydrogen (secondary N) is 1. The summed E-state index contributed by atoms with van der Waals surface area (Å²) in [7, 11) is 0. The maximum Gasteiger partial charge on any atom is 0.270 e. The van der Waals surface area contributed by atoms with Gasteiger partial charge in [-0.05, 0) is 48.7 Å². The van der Waals surface area contributed by atoms with Crippen LogP contribution in [0.5, 0.6) is 0 Å². The Kier molecular flexibility index (Phi) is 9.42. The summed E-state index contributed by atoms with van der Waals surface area (Å²) < 4.78 is 0. The van der Waals surface area contributed by atoms with Crippen molar-refractivity contribution < 1.29 is 14.5 Å². The smallest absolute Gasteiger partial charge is 0.270 e. The lowest BCUT2D eigenvalue weighted by atomic mass is 10.1. The van der Waals surface area contributed by atoms with Crippen molar-refractivity contribution in [3.8, 4) is 0 Å². The SMILES string of the molecule is CCCCN(CCCC)C(=O)/C(=C/c1ccc([N+](=O)[O-])cc1)NC(=O)c1ccccc1. The fourth-order valence-corrected chi connectivity index (χ4v) is 2.98. The van der Waals surface area contributed by atoms with Gasteiger partial charge in [0, 0.05) is 30.8 Å². The topological polar surface area (TPSA) is 92.6 Å². The standard InChI is InChI=1S/C24H29N3O4/c1-3-5-16-26(17-6-4-2)24(29)22(25-23(28)20-10-8-7-9-11-20)18-19-12-14-21(15-13-19)27(30)31/h7-15,18H,3-6,16-17H2,1-2H3,(H,25,28)/b22-18-. The van der Waals surface area contributed by atoms with Crippen LogP contribution in [0.3, 0.4) is 0 Å². The number of carbonyl (C=O) groups excluding carboxylic acids is 2. The zero-order valence-electron chi connectivity index (χ0n) is 18.0. The predicted molar refractivity (Wildman–Crippen MR) is 121 cm³/mol. The van der Waals surface area contributed by atoms with Crippen LogP contribution in [0, 0.1) is 10.1 Å². The van der Waals surface area contributed by atoms with Crippen molar-refractivity contribution in [3.63, 3.8) is 0 Å². The molecule has 1 N–H and O–H groups in total. The lowest BCUT2D eigenvalue weighted by Crippen LogP contribution is -2.39. The Balaban J connectivity index is 2.35. The summed E-state index contributed by atoms with van der Waals surface area (Å²) in [6.45, 7) is 5.34. The van der Waals surface area contributed by atoms with Crippen LogP contribution < -0.4 is 5.32 Å². The first-order chi connectivity index (χ1) is 15.0. The van der Waals surface area contributed by atoms with E-state index in [4.69, 9.17) is 0 Å². The van der Waals surface area contributed by atoms with Crippen molar-refractivity contribution >= 4 is 23.6 Å². The summed E-state index contributed by atoms with van der Waals surface area (Å²) in [6, 6.07) is 14.5. The third-order valence-corrected chi connectivity index (χ3v) is 4.78. The molecule has 2 amide bonds. The van der Waals surface area contributed by atoms with E-state index in [1.54, 1.807) is 47.4 Å². The molecule has 2 rings (SSSR count). The van der Waals surface area contributed by atoms with Gasteiger partial charge in [0.05, 0.1) is 4.92 Å².